The van der Waals surface area contributed by atoms with Crippen molar-refractivity contribution in [3.05, 3.63) is 64.4 Å². The molecule has 0 atom stereocenters. The van der Waals surface area contributed by atoms with Crippen molar-refractivity contribution in [2.45, 2.75) is 12.8 Å². The Morgan fingerprint density at radius 3 is 2.42 bits per heavy atom. The second-order valence-corrected chi connectivity index (χ2v) is 5.61. The molecule has 0 aromatic heterocycles. The fourth-order valence-corrected chi connectivity index (χ4v) is 2.24. The van der Waals surface area contributed by atoms with Crippen LogP contribution in [0.5, 0.6) is 5.75 Å². The smallest absolute Gasteiger partial charge is 0.287 e. The lowest BCUT2D eigenvalue weighted by Gasteiger charge is -2.06. The van der Waals surface area contributed by atoms with E-state index in [4.69, 9.17) is 16.3 Å². The zero-order valence-corrected chi connectivity index (χ0v) is 13.9. The molecule has 1 amide bonds. The maximum absolute atomic E-state index is 13.3. The summed E-state index contributed by atoms with van der Waals surface area (Å²) < 4.78 is 18.4. The molecular weight excluding hydrogens is 333 g/mol. The number of amides is 1. The molecule has 0 aliphatic rings. The summed E-state index contributed by atoms with van der Waals surface area (Å²) in [6.07, 6.45) is 0.432. The molecule has 0 radical (unpaired) electrons. The van der Waals surface area contributed by atoms with Crippen molar-refractivity contribution in [1.29, 1.82) is 0 Å². The van der Waals surface area contributed by atoms with E-state index in [-0.39, 0.29) is 11.4 Å². The largest absolute Gasteiger partial charge is 0.497 e. The normalized spacial score (nSPS) is 10.3. The second-order valence-electron chi connectivity index (χ2n) is 5.20. The highest BCUT2D eigenvalue weighted by Crippen LogP contribution is 2.16. The zero-order valence-electron chi connectivity index (χ0n) is 13.1. The zero-order chi connectivity index (χ0) is 17.5. The first-order valence-electron chi connectivity index (χ1n) is 7.37. The highest BCUT2D eigenvalue weighted by atomic mass is 35.5. The molecule has 0 unspecified atom stereocenters. The first-order chi connectivity index (χ1) is 11.5. The van der Waals surface area contributed by atoms with Crippen LogP contribution in [-0.4, -0.2) is 25.3 Å². The number of hydrogen-bond donors (Lipinski definition) is 1. The van der Waals surface area contributed by atoms with E-state index in [0.717, 1.165) is 17.4 Å². The summed E-state index contributed by atoms with van der Waals surface area (Å²) in [4.78, 5) is 23.6. The average molecular weight is 350 g/mol. The SMILES string of the molecule is COc1ccc(CCNC(=O)C(=O)Cc2ccc(Cl)c(F)c2)cc1. The number of halogens is 2. The highest BCUT2D eigenvalue weighted by Gasteiger charge is 2.14. The Kier molecular flexibility index (Phi) is 6.32. The lowest BCUT2D eigenvalue weighted by molar-refractivity contribution is -0.137. The van der Waals surface area contributed by atoms with Gasteiger partial charge in [-0.15, -0.1) is 0 Å². The topological polar surface area (TPSA) is 55.4 Å². The number of Topliss-reactive ketones (excluding diaryl/α,β-unsaturated/α-hetero) is 1. The predicted octanol–water partition coefficient (Wildman–Crippen LogP) is 2.96. The van der Waals surface area contributed by atoms with Crippen molar-refractivity contribution in [3.63, 3.8) is 0 Å². The molecule has 0 saturated heterocycles. The number of ketones is 1. The third kappa shape index (κ3) is 5.06. The maximum atomic E-state index is 13.3. The van der Waals surface area contributed by atoms with E-state index in [1.165, 1.54) is 12.1 Å². The number of hydrogen-bond acceptors (Lipinski definition) is 3. The van der Waals surface area contributed by atoms with E-state index in [2.05, 4.69) is 5.32 Å². The number of benzene rings is 2. The van der Waals surface area contributed by atoms with Crippen molar-refractivity contribution >= 4 is 23.3 Å². The first-order valence-corrected chi connectivity index (χ1v) is 7.75. The summed E-state index contributed by atoms with van der Waals surface area (Å²) in [5.74, 6) is -1.15. The van der Waals surface area contributed by atoms with Crippen LogP contribution in [0.1, 0.15) is 11.1 Å². The van der Waals surface area contributed by atoms with E-state index in [9.17, 15) is 14.0 Å². The number of carbonyl (C=O) groups excluding carboxylic acids is 2. The molecule has 0 spiro atoms. The quantitative estimate of drug-likeness (QED) is 0.782. The molecule has 24 heavy (non-hydrogen) atoms. The summed E-state index contributed by atoms with van der Waals surface area (Å²) in [7, 11) is 1.59. The lowest BCUT2D eigenvalue weighted by Crippen LogP contribution is -2.33. The molecule has 2 aromatic carbocycles. The summed E-state index contributed by atoms with van der Waals surface area (Å²) >= 11 is 5.58. The second kappa shape index (κ2) is 8.45. The monoisotopic (exact) mass is 349 g/mol. The van der Waals surface area contributed by atoms with Crippen LogP contribution >= 0.6 is 11.6 Å². The van der Waals surface area contributed by atoms with Crippen molar-refractivity contribution in [2.24, 2.45) is 0 Å². The van der Waals surface area contributed by atoms with Gasteiger partial charge in [0, 0.05) is 13.0 Å². The van der Waals surface area contributed by atoms with Gasteiger partial charge in [0.05, 0.1) is 12.1 Å². The fraction of sp³-hybridized carbons (Fsp3) is 0.222. The van der Waals surface area contributed by atoms with Crippen molar-refractivity contribution < 1.29 is 18.7 Å². The minimum absolute atomic E-state index is 0.0184. The van der Waals surface area contributed by atoms with Crippen LogP contribution in [0.15, 0.2) is 42.5 Å². The van der Waals surface area contributed by atoms with Crippen LogP contribution < -0.4 is 10.1 Å². The van der Waals surface area contributed by atoms with E-state index in [0.29, 0.717) is 18.5 Å². The summed E-state index contributed by atoms with van der Waals surface area (Å²) in [5.41, 5.74) is 1.43. The summed E-state index contributed by atoms with van der Waals surface area (Å²) in [6.45, 7) is 0.339. The molecule has 6 heteroatoms. The third-order valence-electron chi connectivity index (χ3n) is 3.46. The molecule has 0 fully saturated rings. The maximum Gasteiger partial charge on any atom is 0.287 e. The van der Waals surface area contributed by atoms with Crippen LogP contribution in [0.4, 0.5) is 4.39 Å². The lowest BCUT2D eigenvalue weighted by atomic mass is 10.1. The van der Waals surface area contributed by atoms with Crippen molar-refractivity contribution in [3.8, 4) is 5.75 Å². The Morgan fingerprint density at radius 2 is 1.79 bits per heavy atom. The Hall–Kier alpha value is -2.40. The molecule has 2 rings (SSSR count). The standard InChI is InChI=1S/C18H17ClFNO3/c1-24-14-5-2-12(3-6-14)8-9-21-18(23)17(22)11-13-4-7-15(19)16(20)10-13/h2-7,10H,8-9,11H2,1H3,(H,21,23). The van der Waals surface area contributed by atoms with Gasteiger partial charge in [0.1, 0.15) is 11.6 Å². The van der Waals surface area contributed by atoms with Crippen LogP contribution in [0, 0.1) is 5.82 Å². The van der Waals surface area contributed by atoms with Gasteiger partial charge in [-0.3, -0.25) is 9.59 Å². The van der Waals surface area contributed by atoms with Crippen molar-refractivity contribution in [2.75, 3.05) is 13.7 Å². The molecule has 0 aliphatic carbocycles. The van der Waals surface area contributed by atoms with Gasteiger partial charge in [0.15, 0.2) is 0 Å². The van der Waals surface area contributed by atoms with E-state index < -0.39 is 17.5 Å². The Labute approximate surface area is 144 Å². The Morgan fingerprint density at radius 1 is 1.12 bits per heavy atom. The number of nitrogens with one attached hydrogen (secondary N) is 1. The molecule has 2 aromatic rings. The Balaban J connectivity index is 1.80. The summed E-state index contributed by atoms with van der Waals surface area (Å²) in [5, 5.41) is 2.55. The van der Waals surface area contributed by atoms with Gasteiger partial charge in [0.2, 0.25) is 5.78 Å². The molecule has 0 aliphatic heterocycles. The molecule has 126 valence electrons. The average Bonchev–Trinajstić information content (AvgIpc) is 2.58. The van der Waals surface area contributed by atoms with Gasteiger partial charge in [-0.05, 0) is 41.8 Å². The van der Waals surface area contributed by atoms with Gasteiger partial charge >= 0.3 is 0 Å². The van der Waals surface area contributed by atoms with Gasteiger partial charge < -0.3 is 10.1 Å². The van der Waals surface area contributed by atoms with E-state index in [1.807, 2.05) is 24.3 Å². The molecular formula is C18H17ClFNO3. The summed E-state index contributed by atoms with van der Waals surface area (Å²) in [6, 6.07) is 11.5. The van der Waals surface area contributed by atoms with Crippen molar-refractivity contribution in [1.82, 2.24) is 5.32 Å². The molecule has 0 heterocycles. The third-order valence-corrected chi connectivity index (χ3v) is 3.77. The minimum Gasteiger partial charge on any atom is -0.497 e. The molecule has 0 saturated carbocycles. The van der Waals surface area contributed by atoms with E-state index in [1.54, 1.807) is 7.11 Å². The minimum atomic E-state index is -0.682. The number of ether oxygens (including phenoxy) is 1. The molecule has 4 nitrogen and oxygen atoms in total. The Bertz CT molecular complexity index is 732. The molecule has 0 bridgehead atoms. The van der Waals surface area contributed by atoms with Crippen LogP contribution in [-0.2, 0) is 22.4 Å². The van der Waals surface area contributed by atoms with Crippen LogP contribution in [0.2, 0.25) is 5.02 Å². The van der Waals surface area contributed by atoms with Gasteiger partial charge in [-0.2, -0.15) is 0 Å². The van der Waals surface area contributed by atoms with Gasteiger partial charge in [-0.25, -0.2) is 4.39 Å². The number of methoxy groups -OCH3 is 1. The fourth-order valence-electron chi connectivity index (χ4n) is 2.13. The highest BCUT2D eigenvalue weighted by molar-refractivity contribution is 6.36. The first kappa shape index (κ1) is 17.9. The van der Waals surface area contributed by atoms with Gasteiger partial charge in [0.25, 0.3) is 5.91 Å². The van der Waals surface area contributed by atoms with Gasteiger partial charge in [-0.1, -0.05) is 29.8 Å². The molecule has 1 N–H and O–H groups in total. The van der Waals surface area contributed by atoms with Crippen LogP contribution in [0.3, 0.4) is 0 Å². The predicted molar refractivity (Wildman–Crippen MR) is 89.8 cm³/mol. The van der Waals surface area contributed by atoms with Crippen LogP contribution in [0.25, 0.3) is 0 Å². The number of rotatable bonds is 7. The number of carbonyl (C=O) groups is 2. The van der Waals surface area contributed by atoms with E-state index >= 15 is 0 Å².